The topological polar surface area (TPSA) is 61.7 Å². The van der Waals surface area contributed by atoms with E-state index in [0.717, 1.165) is 6.42 Å². The van der Waals surface area contributed by atoms with Gasteiger partial charge >= 0.3 is 0 Å². The molecule has 1 aliphatic rings. The van der Waals surface area contributed by atoms with Crippen molar-refractivity contribution in [2.24, 2.45) is 5.11 Å². The van der Waals surface area contributed by atoms with E-state index < -0.39 is 0 Å². The summed E-state index contributed by atoms with van der Waals surface area (Å²) in [6.45, 7) is 0.554. The van der Waals surface area contributed by atoms with Crippen LogP contribution in [0.5, 0.6) is 0 Å². The normalized spacial score (nSPS) is 15.4. The zero-order chi connectivity index (χ0) is 9.10. The first-order chi connectivity index (χ1) is 6.42. The molecule has 0 atom stereocenters. The molecule has 1 heterocycles. The maximum absolute atomic E-state index is 8.13. The van der Waals surface area contributed by atoms with Gasteiger partial charge in [0.05, 0.1) is 11.2 Å². The molecule has 1 saturated carbocycles. The second kappa shape index (κ2) is 3.77. The third-order valence-corrected chi connectivity index (χ3v) is 3.05. The molecule has 0 spiro atoms. The number of azide groups is 1. The Morgan fingerprint density at radius 3 is 3.23 bits per heavy atom. The number of thiazole rings is 1. The summed E-state index contributed by atoms with van der Waals surface area (Å²) in [5.41, 5.74) is 11.3. The smallest absolute Gasteiger partial charge is 0.0797 e. The first-order valence-corrected chi connectivity index (χ1v) is 5.23. The molecule has 0 bridgehead atoms. The average molecular weight is 194 g/mol. The van der Waals surface area contributed by atoms with Crippen LogP contribution in [0, 0.1) is 0 Å². The van der Waals surface area contributed by atoms with E-state index in [1.165, 1.54) is 23.4 Å². The Morgan fingerprint density at radius 2 is 2.54 bits per heavy atom. The average Bonchev–Trinajstić information content (AvgIpc) is 2.88. The second-order valence-electron chi connectivity index (χ2n) is 3.14. The Balaban J connectivity index is 2.01. The summed E-state index contributed by atoms with van der Waals surface area (Å²) in [5, 5.41) is 3.53. The van der Waals surface area contributed by atoms with Crippen LogP contribution in [0.15, 0.2) is 10.6 Å². The van der Waals surface area contributed by atoms with Crippen LogP contribution in [0.2, 0.25) is 0 Å². The third-order valence-electron chi connectivity index (χ3n) is 2.14. The summed E-state index contributed by atoms with van der Waals surface area (Å²) >= 11 is 1.67. The Hall–Kier alpha value is -1.06. The maximum Gasteiger partial charge on any atom is 0.0797 e. The molecular formula is C8H10N4S. The van der Waals surface area contributed by atoms with Crippen LogP contribution in [0.3, 0.4) is 0 Å². The van der Waals surface area contributed by atoms with Gasteiger partial charge in [0.2, 0.25) is 0 Å². The van der Waals surface area contributed by atoms with E-state index in [2.05, 4.69) is 15.0 Å². The van der Waals surface area contributed by atoms with Gasteiger partial charge in [-0.15, -0.1) is 11.3 Å². The zero-order valence-corrected chi connectivity index (χ0v) is 8.00. The van der Waals surface area contributed by atoms with Gasteiger partial charge in [-0.2, -0.15) is 0 Å². The molecule has 0 amide bonds. The van der Waals surface area contributed by atoms with Gasteiger partial charge in [-0.05, 0) is 24.8 Å². The molecule has 1 aromatic heterocycles. The highest BCUT2D eigenvalue weighted by Gasteiger charge is 2.27. The minimum absolute atomic E-state index is 0.554. The fraction of sp³-hybridized carbons (Fsp3) is 0.625. The molecule has 1 aromatic rings. The molecule has 13 heavy (non-hydrogen) atoms. The van der Waals surface area contributed by atoms with Crippen molar-refractivity contribution in [3.05, 3.63) is 26.5 Å². The van der Waals surface area contributed by atoms with Crippen molar-refractivity contribution >= 4 is 11.3 Å². The molecule has 4 nitrogen and oxygen atoms in total. The summed E-state index contributed by atoms with van der Waals surface area (Å²) in [6, 6.07) is 0. The highest BCUT2D eigenvalue weighted by atomic mass is 32.1. The number of rotatable bonds is 4. The van der Waals surface area contributed by atoms with Crippen LogP contribution in [-0.2, 0) is 6.42 Å². The number of hydrogen-bond donors (Lipinski definition) is 0. The molecule has 0 unspecified atom stereocenters. The molecule has 5 heteroatoms. The molecule has 1 aliphatic carbocycles. The molecule has 0 N–H and O–H groups in total. The first kappa shape index (κ1) is 8.53. The molecule has 68 valence electrons. The van der Waals surface area contributed by atoms with Crippen LogP contribution in [-0.4, -0.2) is 11.5 Å². The van der Waals surface area contributed by atoms with Crippen molar-refractivity contribution < 1.29 is 0 Å². The molecule has 2 rings (SSSR count). The van der Waals surface area contributed by atoms with Crippen molar-refractivity contribution in [3.63, 3.8) is 0 Å². The predicted octanol–water partition coefficient (Wildman–Crippen LogP) is 2.87. The SMILES string of the molecule is [N-]=[N+]=NCCc1scnc1C1CC1. The van der Waals surface area contributed by atoms with Gasteiger partial charge in [0.1, 0.15) is 0 Å². The minimum Gasteiger partial charge on any atom is -0.249 e. The monoisotopic (exact) mass is 194 g/mol. The molecular weight excluding hydrogens is 184 g/mol. The minimum atomic E-state index is 0.554. The summed E-state index contributed by atoms with van der Waals surface area (Å²) in [4.78, 5) is 8.38. The van der Waals surface area contributed by atoms with E-state index in [9.17, 15) is 0 Å². The first-order valence-electron chi connectivity index (χ1n) is 4.35. The Morgan fingerprint density at radius 1 is 1.69 bits per heavy atom. The zero-order valence-electron chi connectivity index (χ0n) is 7.18. The van der Waals surface area contributed by atoms with Crippen LogP contribution in [0.1, 0.15) is 29.3 Å². The Labute approximate surface area is 80.2 Å². The van der Waals surface area contributed by atoms with Gasteiger partial charge in [-0.1, -0.05) is 5.11 Å². The quantitative estimate of drug-likeness (QED) is 0.413. The summed E-state index contributed by atoms with van der Waals surface area (Å²) < 4.78 is 0. The van der Waals surface area contributed by atoms with Gasteiger partial charge in [0.25, 0.3) is 0 Å². The lowest BCUT2D eigenvalue weighted by Gasteiger charge is -1.96. The van der Waals surface area contributed by atoms with Crippen molar-refractivity contribution in [1.29, 1.82) is 0 Å². The fourth-order valence-corrected chi connectivity index (χ4v) is 2.19. The van der Waals surface area contributed by atoms with Crippen LogP contribution in [0.25, 0.3) is 10.4 Å². The van der Waals surface area contributed by atoms with E-state index in [1.54, 1.807) is 11.3 Å². The third kappa shape index (κ3) is 1.99. The molecule has 1 fully saturated rings. The highest BCUT2D eigenvalue weighted by Crippen LogP contribution is 2.41. The van der Waals surface area contributed by atoms with E-state index in [0.29, 0.717) is 12.5 Å². The lowest BCUT2D eigenvalue weighted by molar-refractivity contribution is 0.928. The Bertz CT molecular complexity index is 336. The van der Waals surface area contributed by atoms with Gasteiger partial charge in [-0.3, -0.25) is 0 Å². The maximum atomic E-state index is 8.13. The van der Waals surface area contributed by atoms with Gasteiger partial charge in [0.15, 0.2) is 0 Å². The number of hydrogen-bond acceptors (Lipinski definition) is 3. The second-order valence-corrected chi connectivity index (χ2v) is 4.08. The van der Waals surface area contributed by atoms with Gasteiger partial charge in [0, 0.05) is 22.3 Å². The van der Waals surface area contributed by atoms with Crippen molar-refractivity contribution in [2.75, 3.05) is 6.54 Å². The van der Waals surface area contributed by atoms with Crippen LogP contribution >= 0.6 is 11.3 Å². The van der Waals surface area contributed by atoms with E-state index in [4.69, 9.17) is 5.53 Å². The van der Waals surface area contributed by atoms with E-state index >= 15 is 0 Å². The largest absolute Gasteiger partial charge is 0.249 e. The number of aromatic nitrogens is 1. The van der Waals surface area contributed by atoms with Crippen molar-refractivity contribution in [3.8, 4) is 0 Å². The highest BCUT2D eigenvalue weighted by molar-refractivity contribution is 7.09. The predicted molar refractivity (Wildman–Crippen MR) is 51.8 cm³/mol. The van der Waals surface area contributed by atoms with E-state index in [-0.39, 0.29) is 0 Å². The fourth-order valence-electron chi connectivity index (χ4n) is 1.35. The molecule has 0 saturated heterocycles. The summed E-state index contributed by atoms with van der Waals surface area (Å²) in [7, 11) is 0. The summed E-state index contributed by atoms with van der Waals surface area (Å²) in [6.07, 6.45) is 3.40. The van der Waals surface area contributed by atoms with Crippen LogP contribution < -0.4 is 0 Å². The van der Waals surface area contributed by atoms with Gasteiger partial charge in [-0.25, -0.2) is 4.98 Å². The van der Waals surface area contributed by atoms with Crippen molar-refractivity contribution in [2.45, 2.75) is 25.2 Å². The number of nitrogens with zero attached hydrogens (tertiary/aromatic N) is 4. The standard InChI is InChI=1S/C8H10N4S/c9-12-11-4-3-7-8(6-1-2-6)10-5-13-7/h5-6H,1-4H2. The lowest BCUT2D eigenvalue weighted by atomic mass is 10.2. The lowest BCUT2D eigenvalue weighted by Crippen LogP contribution is -1.90. The molecule has 0 radical (unpaired) electrons. The van der Waals surface area contributed by atoms with Crippen molar-refractivity contribution in [1.82, 2.24) is 4.98 Å². The molecule has 0 aromatic carbocycles. The Kier molecular flexibility index (Phi) is 2.47. The van der Waals surface area contributed by atoms with Crippen LogP contribution in [0.4, 0.5) is 0 Å². The molecule has 0 aliphatic heterocycles. The van der Waals surface area contributed by atoms with Gasteiger partial charge < -0.3 is 0 Å². The van der Waals surface area contributed by atoms with E-state index in [1.807, 2.05) is 5.51 Å². The summed E-state index contributed by atoms with van der Waals surface area (Å²) in [5.74, 6) is 0.701.